The normalized spacial score (nSPS) is 33.2. The minimum Gasteiger partial charge on any atom is -0.481 e. The van der Waals surface area contributed by atoms with Crippen LogP contribution in [0.25, 0.3) is 0 Å². The molecule has 3 fully saturated rings. The number of amides is 1. The maximum Gasteiger partial charge on any atom is 0.307 e. The van der Waals surface area contributed by atoms with E-state index in [2.05, 4.69) is 0 Å². The number of ether oxygens (including phenoxy) is 2. The van der Waals surface area contributed by atoms with Crippen LogP contribution >= 0.6 is 0 Å². The highest BCUT2D eigenvalue weighted by Crippen LogP contribution is 2.59. The van der Waals surface area contributed by atoms with Gasteiger partial charge in [-0.1, -0.05) is 0 Å². The Bertz CT molecular complexity index is 382. The summed E-state index contributed by atoms with van der Waals surface area (Å²) in [4.78, 5) is 25.0. The van der Waals surface area contributed by atoms with Gasteiger partial charge in [-0.25, -0.2) is 0 Å². The molecule has 0 unspecified atom stereocenters. The van der Waals surface area contributed by atoms with Crippen LogP contribution in [0.5, 0.6) is 0 Å². The topological polar surface area (TPSA) is 76.1 Å². The molecule has 0 aromatic heterocycles. The quantitative estimate of drug-likeness (QED) is 0.770. The van der Waals surface area contributed by atoms with E-state index in [0.717, 1.165) is 19.3 Å². The molecule has 2 atom stereocenters. The fourth-order valence-electron chi connectivity index (χ4n) is 3.26. The molecule has 0 aromatic rings. The van der Waals surface area contributed by atoms with Crippen LogP contribution in [0.1, 0.15) is 19.3 Å². The van der Waals surface area contributed by atoms with E-state index in [1.165, 1.54) is 0 Å². The largest absolute Gasteiger partial charge is 0.481 e. The molecule has 0 bridgehead atoms. The lowest BCUT2D eigenvalue weighted by Gasteiger charge is -2.35. The number of carbonyl (C=O) groups excluding carboxylic acids is 1. The lowest BCUT2D eigenvalue weighted by molar-refractivity contribution is -0.159. The molecule has 3 rings (SSSR count). The molecule has 2 aliphatic heterocycles. The number of carbonyl (C=O) groups is 2. The van der Waals surface area contributed by atoms with Crippen LogP contribution < -0.4 is 0 Å². The molecule has 19 heavy (non-hydrogen) atoms. The predicted molar refractivity (Wildman–Crippen MR) is 64.5 cm³/mol. The molecule has 1 spiro atoms. The first kappa shape index (κ1) is 12.9. The number of aliphatic carboxylic acids is 1. The molecule has 1 amide bonds. The highest BCUT2D eigenvalue weighted by molar-refractivity contribution is 5.81. The zero-order valence-corrected chi connectivity index (χ0v) is 10.8. The second-order valence-electron chi connectivity index (χ2n) is 5.72. The molecular formula is C13H19NO5. The Labute approximate surface area is 111 Å². The van der Waals surface area contributed by atoms with Crippen LogP contribution in [-0.2, 0) is 19.1 Å². The van der Waals surface area contributed by atoms with E-state index >= 15 is 0 Å². The van der Waals surface area contributed by atoms with Gasteiger partial charge in [0.25, 0.3) is 5.91 Å². The third-order valence-corrected chi connectivity index (χ3v) is 4.65. The Morgan fingerprint density at radius 3 is 2.47 bits per heavy atom. The molecule has 6 nitrogen and oxygen atoms in total. The van der Waals surface area contributed by atoms with Gasteiger partial charge in [-0.2, -0.15) is 0 Å². The van der Waals surface area contributed by atoms with E-state index in [1.807, 2.05) is 0 Å². The van der Waals surface area contributed by atoms with E-state index in [4.69, 9.17) is 14.6 Å². The average Bonchev–Trinajstić information content (AvgIpc) is 3.14. The standard InChI is InChI=1S/C13H19NO5/c15-11(10-8-18-5-6-19-10)14-3-1-13(2-4-14)7-9(13)12(16)17/h9-10H,1-8H2,(H,16,17)/t9-,10+/m0/s1. The average molecular weight is 269 g/mol. The highest BCUT2D eigenvalue weighted by Gasteiger charge is 2.59. The Hall–Kier alpha value is -1.14. The third-order valence-electron chi connectivity index (χ3n) is 4.65. The van der Waals surface area contributed by atoms with Gasteiger partial charge in [-0.3, -0.25) is 9.59 Å². The number of nitrogens with zero attached hydrogens (tertiary/aromatic N) is 1. The van der Waals surface area contributed by atoms with Crippen molar-refractivity contribution in [3.05, 3.63) is 0 Å². The zero-order chi connectivity index (χ0) is 13.5. The third kappa shape index (κ3) is 2.34. The second-order valence-corrected chi connectivity index (χ2v) is 5.72. The van der Waals surface area contributed by atoms with Gasteiger partial charge >= 0.3 is 5.97 Å². The Morgan fingerprint density at radius 2 is 1.95 bits per heavy atom. The number of likely N-dealkylation sites (tertiary alicyclic amines) is 1. The van der Waals surface area contributed by atoms with Gasteiger partial charge in [0.2, 0.25) is 0 Å². The van der Waals surface area contributed by atoms with Crippen LogP contribution in [0.4, 0.5) is 0 Å². The maximum atomic E-state index is 12.2. The lowest BCUT2D eigenvalue weighted by Crippen LogP contribution is -2.48. The number of piperidine rings is 1. The summed E-state index contributed by atoms with van der Waals surface area (Å²) in [5, 5.41) is 9.03. The van der Waals surface area contributed by atoms with Gasteiger partial charge < -0.3 is 19.5 Å². The summed E-state index contributed by atoms with van der Waals surface area (Å²) in [6, 6.07) is 0. The van der Waals surface area contributed by atoms with E-state index in [0.29, 0.717) is 32.9 Å². The molecule has 106 valence electrons. The summed E-state index contributed by atoms with van der Waals surface area (Å²) in [6.45, 7) is 2.63. The monoisotopic (exact) mass is 269 g/mol. The molecule has 1 aliphatic carbocycles. The van der Waals surface area contributed by atoms with Crippen LogP contribution in [0, 0.1) is 11.3 Å². The maximum absolute atomic E-state index is 12.2. The van der Waals surface area contributed by atoms with Crippen LogP contribution in [0.15, 0.2) is 0 Å². The summed E-state index contributed by atoms with van der Waals surface area (Å²) >= 11 is 0. The smallest absolute Gasteiger partial charge is 0.307 e. The minimum atomic E-state index is -0.691. The predicted octanol–water partition coefficient (Wildman–Crippen LogP) is 0.115. The number of carboxylic acids is 1. The lowest BCUT2D eigenvalue weighted by atomic mass is 9.90. The molecule has 2 heterocycles. The molecule has 0 radical (unpaired) electrons. The first-order valence-electron chi connectivity index (χ1n) is 6.83. The SMILES string of the molecule is O=C(O)[C@@H]1CC12CCN(C(=O)[C@H]1COCCO1)CC2. The summed E-state index contributed by atoms with van der Waals surface area (Å²) in [5.41, 5.74) is -0.0352. The van der Waals surface area contributed by atoms with E-state index in [1.54, 1.807) is 4.90 Å². The molecule has 1 saturated carbocycles. The first-order valence-corrected chi connectivity index (χ1v) is 6.83. The first-order chi connectivity index (χ1) is 9.12. The molecular weight excluding hydrogens is 250 g/mol. The van der Waals surface area contributed by atoms with Gasteiger partial charge in [0.1, 0.15) is 0 Å². The van der Waals surface area contributed by atoms with Crippen molar-refractivity contribution in [1.82, 2.24) is 4.90 Å². The Morgan fingerprint density at radius 1 is 1.21 bits per heavy atom. The highest BCUT2D eigenvalue weighted by atomic mass is 16.6. The molecule has 6 heteroatoms. The van der Waals surface area contributed by atoms with Gasteiger partial charge in [0.05, 0.1) is 25.7 Å². The summed E-state index contributed by atoms with van der Waals surface area (Å²) < 4.78 is 10.7. The van der Waals surface area contributed by atoms with Gasteiger partial charge in [0, 0.05) is 13.1 Å². The summed E-state index contributed by atoms with van der Waals surface area (Å²) in [6.07, 6.45) is 1.89. The number of hydrogen-bond donors (Lipinski definition) is 1. The second kappa shape index (κ2) is 4.76. The molecule has 1 N–H and O–H groups in total. The van der Waals surface area contributed by atoms with Crippen molar-refractivity contribution >= 4 is 11.9 Å². The van der Waals surface area contributed by atoms with Crippen molar-refractivity contribution in [2.75, 3.05) is 32.9 Å². The summed E-state index contributed by atoms with van der Waals surface area (Å²) in [5.74, 6) is -0.898. The number of rotatable bonds is 2. The van der Waals surface area contributed by atoms with Crippen LogP contribution in [-0.4, -0.2) is 60.9 Å². The summed E-state index contributed by atoms with van der Waals surface area (Å²) in [7, 11) is 0. The fraction of sp³-hybridized carbons (Fsp3) is 0.846. The van der Waals surface area contributed by atoms with Crippen LogP contribution in [0.3, 0.4) is 0 Å². The zero-order valence-electron chi connectivity index (χ0n) is 10.8. The van der Waals surface area contributed by atoms with Crippen molar-refractivity contribution in [3.8, 4) is 0 Å². The van der Waals surface area contributed by atoms with E-state index in [9.17, 15) is 9.59 Å². The van der Waals surface area contributed by atoms with Crippen molar-refractivity contribution in [2.24, 2.45) is 11.3 Å². The van der Waals surface area contributed by atoms with E-state index in [-0.39, 0.29) is 17.2 Å². The van der Waals surface area contributed by atoms with Crippen LogP contribution in [0.2, 0.25) is 0 Å². The van der Waals surface area contributed by atoms with Crippen molar-refractivity contribution in [3.63, 3.8) is 0 Å². The van der Waals surface area contributed by atoms with Crippen molar-refractivity contribution in [1.29, 1.82) is 0 Å². The van der Waals surface area contributed by atoms with Gasteiger partial charge in [0.15, 0.2) is 6.10 Å². The number of hydrogen-bond acceptors (Lipinski definition) is 4. The fourth-order valence-corrected chi connectivity index (χ4v) is 3.26. The molecule has 0 aromatic carbocycles. The van der Waals surface area contributed by atoms with Crippen molar-refractivity contribution in [2.45, 2.75) is 25.4 Å². The van der Waals surface area contributed by atoms with Gasteiger partial charge in [-0.05, 0) is 24.7 Å². The minimum absolute atomic E-state index is 0.0120. The van der Waals surface area contributed by atoms with Crippen molar-refractivity contribution < 1.29 is 24.2 Å². The van der Waals surface area contributed by atoms with E-state index < -0.39 is 12.1 Å². The Balaban J connectivity index is 1.53. The number of carboxylic acid groups (broad SMARTS) is 1. The van der Waals surface area contributed by atoms with Gasteiger partial charge in [-0.15, -0.1) is 0 Å². The molecule has 3 aliphatic rings. The Kier molecular flexibility index (Phi) is 3.22. The molecule has 2 saturated heterocycles.